The number of hydrogen-bond donors (Lipinski definition) is 5. The average molecular weight is 791 g/mol. The van der Waals surface area contributed by atoms with Crippen LogP contribution in [0.3, 0.4) is 0 Å². The van der Waals surface area contributed by atoms with Gasteiger partial charge in [0.15, 0.2) is 0 Å². The van der Waals surface area contributed by atoms with Crippen LogP contribution >= 0.6 is 15.9 Å². The van der Waals surface area contributed by atoms with E-state index in [4.69, 9.17) is 15.6 Å². The van der Waals surface area contributed by atoms with Crippen molar-refractivity contribution >= 4 is 39.6 Å². The highest BCUT2D eigenvalue weighted by atomic mass is 79.9. The van der Waals surface area contributed by atoms with Crippen LogP contribution in [0.5, 0.6) is 0 Å². The summed E-state index contributed by atoms with van der Waals surface area (Å²) in [6, 6.07) is 13.0. The molecule has 280 valence electrons. The Kier molecular flexibility index (Phi) is 16.2. The molecule has 0 saturated heterocycles. The number of carboxylic acids is 1. The van der Waals surface area contributed by atoms with Crippen molar-refractivity contribution < 1.29 is 51.3 Å². The van der Waals surface area contributed by atoms with E-state index >= 15 is 0 Å². The molecule has 11 nitrogen and oxygen atoms in total. The average Bonchev–Trinajstić information content (AvgIpc) is 3.46. The number of carbonyl (C=O) groups excluding carboxylic acids is 3. The fraction of sp³-hybridized carbons (Fsp3) is 0.412. The number of carbonyl (C=O) groups is 4. The third kappa shape index (κ3) is 13.4. The minimum absolute atomic E-state index is 0.0381. The number of rotatable bonds is 14. The Morgan fingerprint density at radius 3 is 2.14 bits per heavy atom. The van der Waals surface area contributed by atoms with Gasteiger partial charge in [-0.05, 0) is 41.7 Å². The molecule has 0 aliphatic heterocycles. The Labute approximate surface area is 300 Å². The van der Waals surface area contributed by atoms with E-state index in [1.807, 2.05) is 55.7 Å². The number of nitrogens with zero attached hydrogens (tertiary/aromatic N) is 2. The van der Waals surface area contributed by atoms with Gasteiger partial charge in [0.2, 0.25) is 17.7 Å². The maximum atomic E-state index is 14.9. The van der Waals surface area contributed by atoms with E-state index in [1.165, 1.54) is 4.90 Å². The van der Waals surface area contributed by atoms with Crippen LogP contribution in [-0.2, 0) is 25.7 Å². The second-order valence-corrected chi connectivity index (χ2v) is 12.9. The third-order valence-electron chi connectivity index (χ3n) is 7.36. The Bertz CT molecular complexity index is 1630. The van der Waals surface area contributed by atoms with E-state index in [-0.39, 0.29) is 42.9 Å². The molecule has 2 unspecified atom stereocenters. The standard InChI is InChI=1S/C32H40BrF2N5O4.C2HF3O2/c1-32(2,3)30(40(29(43)20-41)14-11-26(36)31(44)38-13-12-37-28(42)17-33)27-15-22(24-16-23(34)9-10-25(24)35)19-39(27)18-21-7-5-4-6-8-21;3-2(4,5)1(6)7/h4-10,15-16,19,26,30,41H,11-14,17-18,20,36H2,1-3H3,(H,37,42)(H,38,44);(H,6,7). The number of aliphatic hydroxyl groups is 1. The molecule has 1 aromatic heterocycles. The summed E-state index contributed by atoms with van der Waals surface area (Å²) in [5, 5.41) is 22.5. The SMILES string of the molecule is CC(C)(C)C(c1cc(-c2cc(F)ccc2F)cn1Cc1ccccc1)N(CCC(N)C(=O)NCCNC(=O)CBr)C(=O)CO.O=C(O)C(F)(F)F. The first-order chi connectivity index (χ1) is 23.8. The molecular weight excluding hydrogens is 749 g/mol. The smallest absolute Gasteiger partial charge is 0.475 e. The second kappa shape index (κ2) is 19.3. The summed E-state index contributed by atoms with van der Waals surface area (Å²) in [6.07, 6.45) is -3.27. The van der Waals surface area contributed by atoms with Gasteiger partial charge in [0.25, 0.3) is 0 Å². The largest absolute Gasteiger partial charge is 0.490 e. The molecule has 0 spiro atoms. The van der Waals surface area contributed by atoms with Crippen molar-refractivity contribution in [2.75, 3.05) is 31.6 Å². The van der Waals surface area contributed by atoms with Gasteiger partial charge >= 0.3 is 12.1 Å². The van der Waals surface area contributed by atoms with Crippen LogP contribution in [0.1, 0.15) is 44.5 Å². The predicted molar refractivity (Wildman–Crippen MR) is 182 cm³/mol. The summed E-state index contributed by atoms with van der Waals surface area (Å²) < 4.78 is 62.7. The zero-order valence-corrected chi connectivity index (χ0v) is 29.7. The van der Waals surface area contributed by atoms with Gasteiger partial charge in [-0.2, -0.15) is 13.2 Å². The number of halogens is 6. The number of amides is 3. The lowest BCUT2D eigenvalue weighted by Gasteiger charge is -2.41. The quantitative estimate of drug-likeness (QED) is 0.0919. The van der Waals surface area contributed by atoms with Crippen molar-refractivity contribution in [1.82, 2.24) is 20.1 Å². The molecule has 0 saturated carbocycles. The Balaban J connectivity index is 0.00000116. The number of aliphatic carboxylic acids is 1. The third-order valence-corrected chi connectivity index (χ3v) is 7.87. The molecule has 6 N–H and O–H groups in total. The first kappa shape index (κ1) is 42.8. The number of carboxylic acid groups (broad SMARTS) is 1. The van der Waals surface area contributed by atoms with Gasteiger partial charge in [-0.3, -0.25) is 14.4 Å². The topological polar surface area (TPSA) is 167 Å². The Morgan fingerprint density at radius 1 is 0.980 bits per heavy atom. The summed E-state index contributed by atoms with van der Waals surface area (Å²) in [5.41, 5.74) is 7.68. The highest BCUT2D eigenvalue weighted by molar-refractivity contribution is 9.09. The van der Waals surface area contributed by atoms with E-state index in [9.17, 15) is 41.4 Å². The lowest BCUT2D eigenvalue weighted by molar-refractivity contribution is -0.192. The van der Waals surface area contributed by atoms with Crippen LogP contribution in [-0.4, -0.2) is 87.2 Å². The predicted octanol–water partition coefficient (Wildman–Crippen LogP) is 4.37. The molecule has 0 bridgehead atoms. The molecule has 1 heterocycles. The van der Waals surface area contributed by atoms with Crippen LogP contribution in [0.25, 0.3) is 11.1 Å². The number of aromatic nitrogens is 1. The van der Waals surface area contributed by atoms with Gasteiger partial charge in [-0.25, -0.2) is 13.6 Å². The maximum absolute atomic E-state index is 14.9. The Hall–Kier alpha value is -4.35. The minimum atomic E-state index is -5.08. The highest BCUT2D eigenvalue weighted by Gasteiger charge is 2.39. The van der Waals surface area contributed by atoms with E-state index in [2.05, 4.69) is 26.6 Å². The van der Waals surface area contributed by atoms with Crippen molar-refractivity contribution in [1.29, 1.82) is 0 Å². The summed E-state index contributed by atoms with van der Waals surface area (Å²) in [7, 11) is 0. The fourth-order valence-corrected chi connectivity index (χ4v) is 5.27. The molecule has 0 aliphatic carbocycles. The van der Waals surface area contributed by atoms with Crippen LogP contribution < -0.4 is 16.4 Å². The van der Waals surface area contributed by atoms with Crippen molar-refractivity contribution in [2.45, 2.75) is 52.0 Å². The van der Waals surface area contributed by atoms with Gasteiger partial charge in [-0.15, -0.1) is 0 Å². The molecule has 0 radical (unpaired) electrons. The number of aliphatic hydroxyl groups excluding tert-OH is 1. The fourth-order valence-electron chi connectivity index (χ4n) is 5.08. The van der Waals surface area contributed by atoms with E-state index in [0.717, 1.165) is 23.8 Å². The monoisotopic (exact) mass is 789 g/mol. The number of nitrogens with two attached hydrogens (primary N) is 1. The maximum Gasteiger partial charge on any atom is 0.490 e. The van der Waals surface area contributed by atoms with E-state index < -0.39 is 59.7 Å². The van der Waals surface area contributed by atoms with Gasteiger partial charge in [0.05, 0.1) is 17.4 Å². The molecule has 2 atom stereocenters. The zero-order chi connectivity index (χ0) is 38.5. The molecular formula is C34H41BrF5N5O6. The van der Waals surface area contributed by atoms with Crippen molar-refractivity contribution in [3.05, 3.63) is 83.7 Å². The normalized spacial score (nSPS) is 12.6. The lowest BCUT2D eigenvalue weighted by atomic mass is 9.82. The van der Waals surface area contributed by atoms with Gasteiger partial charge in [0.1, 0.15) is 18.2 Å². The molecule has 3 aromatic rings. The summed E-state index contributed by atoms with van der Waals surface area (Å²) in [5.74, 6) is -5.16. The van der Waals surface area contributed by atoms with Crippen LogP contribution in [0, 0.1) is 17.0 Å². The minimum Gasteiger partial charge on any atom is -0.475 e. The molecule has 17 heteroatoms. The summed E-state index contributed by atoms with van der Waals surface area (Å²) >= 11 is 3.05. The number of hydrogen-bond acceptors (Lipinski definition) is 6. The molecule has 0 aliphatic rings. The van der Waals surface area contributed by atoms with Crippen LogP contribution in [0.2, 0.25) is 0 Å². The summed E-state index contributed by atoms with van der Waals surface area (Å²) in [6.45, 7) is 5.87. The first-order valence-corrected chi connectivity index (χ1v) is 16.7. The Morgan fingerprint density at radius 2 is 1.59 bits per heavy atom. The van der Waals surface area contributed by atoms with Gasteiger partial charge in [-0.1, -0.05) is 67.0 Å². The molecule has 3 rings (SSSR count). The van der Waals surface area contributed by atoms with E-state index in [0.29, 0.717) is 17.8 Å². The lowest BCUT2D eigenvalue weighted by Crippen LogP contribution is -2.48. The van der Waals surface area contributed by atoms with Crippen molar-refractivity contribution in [2.24, 2.45) is 11.1 Å². The number of alkyl halides is 4. The van der Waals surface area contributed by atoms with Crippen LogP contribution in [0.15, 0.2) is 60.8 Å². The second-order valence-electron chi connectivity index (χ2n) is 12.4. The van der Waals surface area contributed by atoms with Gasteiger partial charge in [0, 0.05) is 49.2 Å². The van der Waals surface area contributed by atoms with E-state index in [1.54, 1.807) is 12.3 Å². The molecule has 51 heavy (non-hydrogen) atoms. The first-order valence-electron chi connectivity index (χ1n) is 15.6. The van der Waals surface area contributed by atoms with Crippen molar-refractivity contribution in [3.63, 3.8) is 0 Å². The number of nitrogens with one attached hydrogen (secondary N) is 2. The van der Waals surface area contributed by atoms with Gasteiger partial charge < -0.3 is 36.0 Å². The molecule has 0 fully saturated rings. The highest BCUT2D eigenvalue weighted by Crippen LogP contribution is 2.41. The van der Waals surface area contributed by atoms with Crippen molar-refractivity contribution in [3.8, 4) is 11.1 Å². The zero-order valence-electron chi connectivity index (χ0n) is 28.1. The molecule has 2 aromatic carbocycles. The van der Waals surface area contributed by atoms with Crippen LogP contribution in [0.4, 0.5) is 22.0 Å². The summed E-state index contributed by atoms with van der Waals surface area (Å²) in [4.78, 5) is 47.7. The number of benzene rings is 2. The molecule has 3 amide bonds.